The fourth-order valence-corrected chi connectivity index (χ4v) is 2.69. The molecular formula is C17H16N4O4. The van der Waals surface area contributed by atoms with Gasteiger partial charge in [-0.1, -0.05) is 5.21 Å². The van der Waals surface area contributed by atoms with Crippen molar-refractivity contribution in [1.82, 2.24) is 15.0 Å². The van der Waals surface area contributed by atoms with E-state index >= 15 is 0 Å². The molecule has 0 fully saturated rings. The van der Waals surface area contributed by atoms with Gasteiger partial charge in [0.25, 0.3) is 0 Å². The van der Waals surface area contributed by atoms with Gasteiger partial charge in [-0.25, -0.2) is 0 Å². The lowest BCUT2D eigenvalue weighted by atomic mass is 10.1. The number of nitrogen functional groups attached to an aromatic ring is 1. The SMILES string of the molecule is COc1ccc(-n2nnc(-c3ccc4c(c3)OCO4)c2N)cc1OC. The largest absolute Gasteiger partial charge is 0.493 e. The topological polar surface area (TPSA) is 93.7 Å². The van der Waals surface area contributed by atoms with Crippen molar-refractivity contribution in [1.29, 1.82) is 0 Å². The minimum absolute atomic E-state index is 0.215. The molecule has 0 atom stereocenters. The maximum atomic E-state index is 6.27. The molecule has 3 aromatic rings. The van der Waals surface area contributed by atoms with Crippen LogP contribution in [0.4, 0.5) is 5.82 Å². The number of rotatable bonds is 4. The summed E-state index contributed by atoms with van der Waals surface area (Å²) < 4.78 is 22.8. The highest BCUT2D eigenvalue weighted by atomic mass is 16.7. The molecule has 4 rings (SSSR count). The first-order chi connectivity index (χ1) is 12.2. The Bertz CT molecular complexity index is 938. The molecular weight excluding hydrogens is 324 g/mol. The van der Waals surface area contributed by atoms with Crippen molar-refractivity contribution >= 4 is 5.82 Å². The number of aromatic nitrogens is 3. The maximum absolute atomic E-state index is 6.27. The number of ether oxygens (including phenoxy) is 4. The molecule has 1 aromatic heterocycles. The summed E-state index contributed by atoms with van der Waals surface area (Å²) in [5, 5.41) is 8.37. The van der Waals surface area contributed by atoms with Gasteiger partial charge in [-0.05, 0) is 30.3 Å². The number of fused-ring (bicyclic) bond motifs is 1. The summed E-state index contributed by atoms with van der Waals surface area (Å²) in [6.45, 7) is 0.215. The standard InChI is InChI=1S/C17H16N4O4/c1-22-12-6-4-11(8-14(12)23-2)21-17(18)16(19-20-21)10-3-5-13-15(7-10)25-9-24-13/h3-8H,9,18H2,1-2H3. The van der Waals surface area contributed by atoms with Crippen LogP contribution in [-0.2, 0) is 0 Å². The molecule has 2 heterocycles. The van der Waals surface area contributed by atoms with Crippen LogP contribution in [0.5, 0.6) is 23.0 Å². The van der Waals surface area contributed by atoms with Crippen molar-refractivity contribution < 1.29 is 18.9 Å². The average molecular weight is 340 g/mol. The highest BCUT2D eigenvalue weighted by Crippen LogP contribution is 2.37. The van der Waals surface area contributed by atoms with Crippen LogP contribution in [0.25, 0.3) is 16.9 Å². The molecule has 0 amide bonds. The Labute approximate surface area is 143 Å². The molecule has 8 nitrogen and oxygen atoms in total. The van der Waals surface area contributed by atoms with Crippen molar-refractivity contribution in [3.63, 3.8) is 0 Å². The molecule has 0 unspecified atom stereocenters. The smallest absolute Gasteiger partial charge is 0.231 e. The van der Waals surface area contributed by atoms with Gasteiger partial charge in [-0.2, -0.15) is 4.68 Å². The lowest BCUT2D eigenvalue weighted by Crippen LogP contribution is -2.03. The van der Waals surface area contributed by atoms with Crippen LogP contribution in [0.3, 0.4) is 0 Å². The average Bonchev–Trinajstić information content (AvgIpc) is 3.26. The summed E-state index contributed by atoms with van der Waals surface area (Å²) in [6.07, 6.45) is 0. The van der Waals surface area contributed by atoms with Gasteiger partial charge in [-0.15, -0.1) is 5.10 Å². The van der Waals surface area contributed by atoms with Gasteiger partial charge < -0.3 is 24.7 Å². The van der Waals surface area contributed by atoms with E-state index in [4.69, 9.17) is 24.7 Å². The second-order valence-corrected chi connectivity index (χ2v) is 5.34. The van der Waals surface area contributed by atoms with Gasteiger partial charge in [0, 0.05) is 11.6 Å². The van der Waals surface area contributed by atoms with Gasteiger partial charge in [-0.3, -0.25) is 0 Å². The van der Waals surface area contributed by atoms with Crippen molar-refractivity contribution in [2.75, 3.05) is 26.7 Å². The Morgan fingerprint density at radius 2 is 1.80 bits per heavy atom. The molecule has 128 valence electrons. The van der Waals surface area contributed by atoms with E-state index in [0.29, 0.717) is 34.5 Å². The molecule has 1 aliphatic heterocycles. The molecule has 2 aromatic carbocycles. The van der Waals surface area contributed by atoms with Crippen LogP contribution in [0.2, 0.25) is 0 Å². The fourth-order valence-electron chi connectivity index (χ4n) is 2.69. The third kappa shape index (κ3) is 2.47. The van der Waals surface area contributed by atoms with E-state index in [1.54, 1.807) is 31.0 Å². The molecule has 0 spiro atoms. The highest BCUT2D eigenvalue weighted by molar-refractivity contribution is 5.73. The van der Waals surface area contributed by atoms with E-state index in [2.05, 4.69) is 10.3 Å². The minimum Gasteiger partial charge on any atom is -0.493 e. The van der Waals surface area contributed by atoms with Crippen LogP contribution in [0.1, 0.15) is 0 Å². The van der Waals surface area contributed by atoms with Crippen LogP contribution in [0, 0.1) is 0 Å². The third-order valence-corrected chi connectivity index (χ3v) is 3.96. The second kappa shape index (κ2) is 5.90. The van der Waals surface area contributed by atoms with Crippen molar-refractivity contribution in [2.45, 2.75) is 0 Å². The number of hydrogen-bond acceptors (Lipinski definition) is 7. The fraction of sp³-hybridized carbons (Fsp3) is 0.176. The lowest BCUT2D eigenvalue weighted by molar-refractivity contribution is 0.174. The molecule has 0 radical (unpaired) electrons. The maximum Gasteiger partial charge on any atom is 0.231 e. The Kier molecular flexibility index (Phi) is 3.57. The predicted molar refractivity (Wildman–Crippen MR) is 90.4 cm³/mol. The normalized spacial score (nSPS) is 12.2. The lowest BCUT2D eigenvalue weighted by Gasteiger charge is -2.10. The van der Waals surface area contributed by atoms with E-state index in [0.717, 1.165) is 11.3 Å². The molecule has 0 saturated carbocycles. The van der Waals surface area contributed by atoms with Gasteiger partial charge >= 0.3 is 0 Å². The molecule has 0 aliphatic carbocycles. The molecule has 0 saturated heterocycles. The van der Waals surface area contributed by atoms with Crippen molar-refractivity contribution in [3.05, 3.63) is 36.4 Å². The van der Waals surface area contributed by atoms with E-state index in [-0.39, 0.29) is 6.79 Å². The van der Waals surface area contributed by atoms with E-state index in [1.807, 2.05) is 24.3 Å². The molecule has 25 heavy (non-hydrogen) atoms. The molecule has 0 bridgehead atoms. The third-order valence-electron chi connectivity index (χ3n) is 3.96. The Hall–Kier alpha value is -3.42. The monoisotopic (exact) mass is 340 g/mol. The molecule has 8 heteroatoms. The summed E-state index contributed by atoms with van der Waals surface area (Å²) in [4.78, 5) is 0. The second-order valence-electron chi connectivity index (χ2n) is 5.34. The Morgan fingerprint density at radius 1 is 1.00 bits per heavy atom. The van der Waals surface area contributed by atoms with E-state index < -0.39 is 0 Å². The van der Waals surface area contributed by atoms with Gasteiger partial charge in [0.1, 0.15) is 5.69 Å². The number of methoxy groups -OCH3 is 2. The van der Waals surface area contributed by atoms with Gasteiger partial charge in [0.05, 0.1) is 19.9 Å². The van der Waals surface area contributed by atoms with Gasteiger partial charge in [0.15, 0.2) is 28.8 Å². The number of nitrogens with zero attached hydrogens (tertiary/aromatic N) is 3. The van der Waals surface area contributed by atoms with E-state index in [9.17, 15) is 0 Å². The van der Waals surface area contributed by atoms with Crippen molar-refractivity contribution in [2.24, 2.45) is 0 Å². The number of nitrogens with two attached hydrogens (primary N) is 1. The summed E-state index contributed by atoms with van der Waals surface area (Å²) in [5.74, 6) is 2.98. The zero-order valence-corrected chi connectivity index (χ0v) is 13.7. The quantitative estimate of drug-likeness (QED) is 0.778. The predicted octanol–water partition coefficient (Wildman–Crippen LogP) is 2.26. The Balaban J connectivity index is 1.74. The summed E-state index contributed by atoms with van der Waals surface area (Å²) in [5.41, 5.74) is 8.35. The molecule has 1 aliphatic rings. The minimum atomic E-state index is 0.215. The molecule has 2 N–H and O–H groups in total. The van der Waals surface area contributed by atoms with Gasteiger partial charge in [0.2, 0.25) is 6.79 Å². The zero-order chi connectivity index (χ0) is 17.4. The first-order valence-electron chi connectivity index (χ1n) is 7.55. The van der Waals surface area contributed by atoms with E-state index in [1.165, 1.54) is 0 Å². The summed E-state index contributed by atoms with van der Waals surface area (Å²) in [6, 6.07) is 10.9. The van der Waals surface area contributed by atoms with Crippen LogP contribution >= 0.6 is 0 Å². The number of anilines is 1. The first kappa shape index (κ1) is 15.1. The van der Waals surface area contributed by atoms with Crippen LogP contribution < -0.4 is 24.7 Å². The Morgan fingerprint density at radius 3 is 2.60 bits per heavy atom. The highest BCUT2D eigenvalue weighted by Gasteiger charge is 2.19. The summed E-state index contributed by atoms with van der Waals surface area (Å²) in [7, 11) is 3.16. The van der Waals surface area contributed by atoms with Crippen LogP contribution in [0.15, 0.2) is 36.4 Å². The van der Waals surface area contributed by atoms with Crippen molar-refractivity contribution in [3.8, 4) is 39.9 Å². The zero-order valence-electron chi connectivity index (χ0n) is 13.7. The van der Waals surface area contributed by atoms with Crippen LogP contribution in [-0.4, -0.2) is 36.0 Å². The number of benzene rings is 2. The summed E-state index contributed by atoms with van der Waals surface area (Å²) >= 11 is 0. The first-order valence-corrected chi connectivity index (χ1v) is 7.55. The number of hydrogen-bond donors (Lipinski definition) is 1.